The van der Waals surface area contributed by atoms with Crippen molar-refractivity contribution in [3.8, 4) is 0 Å². The van der Waals surface area contributed by atoms with Crippen LogP contribution < -0.4 is 4.90 Å². The Balaban J connectivity index is 1.54. The van der Waals surface area contributed by atoms with Crippen LogP contribution in [0.3, 0.4) is 0 Å². The van der Waals surface area contributed by atoms with E-state index in [-0.39, 0.29) is 5.91 Å². The first-order valence-corrected chi connectivity index (χ1v) is 8.18. The number of fused-ring (bicyclic) bond motifs is 1. The maximum Gasteiger partial charge on any atom is 0.254 e. The number of rotatable bonds is 2. The van der Waals surface area contributed by atoms with Crippen molar-refractivity contribution in [2.75, 3.05) is 37.7 Å². The van der Waals surface area contributed by atoms with Gasteiger partial charge in [-0.1, -0.05) is 0 Å². The summed E-state index contributed by atoms with van der Waals surface area (Å²) in [5, 5.41) is 0. The Morgan fingerprint density at radius 3 is 2.71 bits per heavy atom. The van der Waals surface area contributed by atoms with E-state index < -0.39 is 0 Å². The lowest BCUT2D eigenvalue weighted by Crippen LogP contribution is -2.39. The van der Waals surface area contributed by atoms with Crippen molar-refractivity contribution < 1.29 is 9.53 Å². The lowest BCUT2D eigenvalue weighted by Gasteiger charge is -2.30. The maximum atomic E-state index is 12.6. The fraction of sp³-hybridized carbons (Fsp3) is 0.412. The van der Waals surface area contributed by atoms with Gasteiger partial charge in [0.05, 0.1) is 25.5 Å². The smallest absolute Gasteiger partial charge is 0.254 e. The van der Waals surface area contributed by atoms with Crippen molar-refractivity contribution in [1.29, 1.82) is 0 Å². The van der Waals surface area contributed by atoms with Gasteiger partial charge >= 0.3 is 0 Å². The highest BCUT2D eigenvalue weighted by Crippen LogP contribution is 2.21. The fourth-order valence-electron chi connectivity index (χ4n) is 3.06. The molecule has 2 aromatic heterocycles. The molecule has 0 saturated carbocycles. The number of carbonyl (C=O) groups excluding carboxylic acids is 1. The summed E-state index contributed by atoms with van der Waals surface area (Å²) in [7, 11) is 0. The molecule has 24 heavy (non-hydrogen) atoms. The molecule has 0 radical (unpaired) electrons. The molecule has 2 aliphatic heterocycles. The highest BCUT2D eigenvalue weighted by Gasteiger charge is 2.24. The second-order valence-electron chi connectivity index (χ2n) is 5.95. The van der Waals surface area contributed by atoms with Gasteiger partial charge in [0, 0.05) is 43.8 Å². The molecule has 7 heteroatoms. The summed E-state index contributed by atoms with van der Waals surface area (Å²) < 4.78 is 5.38. The lowest BCUT2D eigenvalue weighted by molar-refractivity contribution is 0.0731. The minimum absolute atomic E-state index is 0.0228. The molecule has 1 amide bonds. The first-order chi connectivity index (χ1) is 11.8. The van der Waals surface area contributed by atoms with E-state index in [9.17, 15) is 4.79 Å². The molecular formula is C17H19N5O2. The van der Waals surface area contributed by atoms with Crippen LogP contribution in [0.5, 0.6) is 0 Å². The molecule has 0 unspecified atom stereocenters. The van der Waals surface area contributed by atoms with Gasteiger partial charge in [-0.05, 0) is 24.1 Å². The van der Waals surface area contributed by atoms with Crippen molar-refractivity contribution in [2.45, 2.75) is 13.0 Å². The molecule has 1 fully saturated rings. The van der Waals surface area contributed by atoms with Crippen molar-refractivity contribution in [3.63, 3.8) is 0 Å². The predicted molar refractivity (Wildman–Crippen MR) is 87.7 cm³/mol. The molecule has 0 spiro atoms. The number of hydrogen-bond donors (Lipinski definition) is 0. The summed E-state index contributed by atoms with van der Waals surface area (Å²) in [4.78, 5) is 29.8. The SMILES string of the molecule is O=C(c1ccncc1)N1CCc2cnc(N3CCOCC3)nc2C1. The molecule has 0 aromatic carbocycles. The van der Waals surface area contributed by atoms with Crippen LogP contribution in [-0.2, 0) is 17.7 Å². The van der Waals surface area contributed by atoms with Crippen LogP contribution in [0.1, 0.15) is 21.6 Å². The summed E-state index contributed by atoms with van der Waals surface area (Å²) in [5.74, 6) is 0.754. The van der Waals surface area contributed by atoms with E-state index in [1.807, 2.05) is 11.1 Å². The summed E-state index contributed by atoms with van der Waals surface area (Å²) in [6.07, 6.45) is 5.98. The molecule has 0 bridgehead atoms. The van der Waals surface area contributed by atoms with E-state index in [0.29, 0.717) is 31.9 Å². The average Bonchev–Trinajstić information content (AvgIpc) is 2.68. The minimum Gasteiger partial charge on any atom is -0.378 e. The number of carbonyl (C=O) groups is 1. The number of anilines is 1. The van der Waals surface area contributed by atoms with Gasteiger partial charge in [0.1, 0.15) is 0 Å². The Bertz CT molecular complexity index is 731. The van der Waals surface area contributed by atoms with E-state index in [1.54, 1.807) is 24.5 Å². The average molecular weight is 325 g/mol. The second-order valence-corrected chi connectivity index (χ2v) is 5.95. The van der Waals surface area contributed by atoms with Crippen LogP contribution in [-0.4, -0.2) is 58.6 Å². The van der Waals surface area contributed by atoms with E-state index >= 15 is 0 Å². The maximum absolute atomic E-state index is 12.6. The van der Waals surface area contributed by atoms with Gasteiger partial charge in [0.25, 0.3) is 5.91 Å². The highest BCUT2D eigenvalue weighted by atomic mass is 16.5. The van der Waals surface area contributed by atoms with Gasteiger partial charge < -0.3 is 14.5 Å². The molecule has 0 N–H and O–H groups in total. The number of hydrogen-bond acceptors (Lipinski definition) is 6. The van der Waals surface area contributed by atoms with Gasteiger partial charge in [-0.25, -0.2) is 9.97 Å². The zero-order chi connectivity index (χ0) is 16.4. The van der Waals surface area contributed by atoms with Crippen LogP contribution in [0.25, 0.3) is 0 Å². The first-order valence-electron chi connectivity index (χ1n) is 8.18. The van der Waals surface area contributed by atoms with Crippen LogP contribution in [0.4, 0.5) is 5.95 Å². The second kappa shape index (κ2) is 6.52. The van der Waals surface area contributed by atoms with Crippen molar-refractivity contribution in [1.82, 2.24) is 19.9 Å². The third-order valence-electron chi connectivity index (χ3n) is 4.44. The summed E-state index contributed by atoms with van der Waals surface area (Å²) in [6.45, 7) is 4.22. The van der Waals surface area contributed by atoms with E-state index in [1.165, 1.54) is 0 Å². The lowest BCUT2D eigenvalue weighted by atomic mass is 10.1. The van der Waals surface area contributed by atoms with Gasteiger partial charge in [-0.2, -0.15) is 0 Å². The molecule has 0 aliphatic carbocycles. The third kappa shape index (κ3) is 2.94. The first kappa shape index (κ1) is 15.0. The normalized spacial score (nSPS) is 17.5. The van der Waals surface area contributed by atoms with Crippen LogP contribution in [0.15, 0.2) is 30.7 Å². The minimum atomic E-state index is 0.0228. The van der Waals surface area contributed by atoms with Gasteiger partial charge in [0.15, 0.2) is 0 Å². The quantitative estimate of drug-likeness (QED) is 0.817. The zero-order valence-corrected chi connectivity index (χ0v) is 13.4. The van der Waals surface area contributed by atoms with E-state index in [2.05, 4.69) is 14.9 Å². The van der Waals surface area contributed by atoms with Gasteiger partial charge in [-0.15, -0.1) is 0 Å². The van der Waals surface area contributed by atoms with Gasteiger partial charge in [-0.3, -0.25) is 9.78 Å². The Morgan fingerprint density at radius 2 is 1.92 bits per heavy atom. The number of nitrogens with zero attached hydrogens (tertiary/aromatic N) is 5. The number of ether oxygens (including phenoxy) is 1. The molecule has 7 nitrogen and oxygen atoms in total. The van der Waals surface area contributed by atoms with Crippen molar-refractivity contribution in [2.24, 2.45) is 0 Å². The number of aromatic nitrogens is 3. The largest absolute Gasteiger partial charge is 0.378 e. The fourth-order valence-corrected chi connectivity index (χ4v) is 3.06. The summed E-state index contributed by atoms with van der Waals surface area (Å²) >= 11 is 0. The Morgan fingerprint density at radius 1 is 1.12 bits per heavy atom. The number of morpholine rings is 1. The van der Waals surface area contributed by atoms with Crippen molar-refractivity contribution >= 4 is 11.9 Å². The summed E-state index contributed by atoms with van der Waals surface area (Å²) in [6, 6.07) is 3.49. The predicted octanol–water partition coefficient (Wildman–Crippen LogP) is 0.907. The Hall–Kier alpha value is -2.54. The monoisotopic (exact) mass is 325 g/mol. The molecule has 0 atom stereocenters. The molecular weight excluding hydrogens is 306 g/mol. The Kier molecular flexibility index (Phi) is 4.08. The zero-order valence-electron chi connectivity index (χ0n) is 13.4. The Labute approximate surface area is 140 Å². The molecule has 4 heterocycles. The van der Waals surface area contributed by atoms with Gasteiger partial charge in [0.2, 0.25) is 5.95 Å². The highest BCUT2D eigenvalue weighted by molar-refractivity contribution is 5.94. The topological polar surface area (TPSA) is 71.5 Å². The number of pyridine rings is 1. The standard InChI is InChI=1S/C17H19N5O2/c23-16(13-1-4-18-5-2-13)22-6-3-14-11-19-17(20-15(14)12-22)21-7-9-24-10-8-21/h1-2,4-5,11H,3,6-10,12H2. The van der Waals surface area contributed by atoms with Crippen LogP contribution >= 0.6 is 0 Å². The van der Waals surface area contributed by atoms with E-state index in [4.69, 9.17) is 9.72 Å². The number of amides is 1. The third-order valence-corrected chi connectivity index (χ3v) is 4.44. The molecule has 2 aromatic rings. The van der Waals surface area contributed by atoms with Crippen LogP contribution in [0, 0.1) is 0 Å². The molecule has 1 saturated heterocycles. The summed E-state index contributed by atoms with van der Waals surface area (Å²) in [5.41, 5.74) is 2.74. The van der Waals surface area contributed by atoms with Crippen LogP contribution in [0.2, 0.25) is 0 Å². The van der Waals surface area contributed by atoms with Crippen molar-refractivity contribution in [3.05, 3.63) is 47.5 Å². The molecule has 2 aliphatic rings. The molecule has 124 valence electrons. The van der Waals surface area contributed by atoms with E-state index in [0.717, 1.165) is 36.7 Å². The molecule has 4 rings (SSSR count).